The number of hydrogen-bond donors (Lipinski definition) is 2. The van der Waals surface area contributed by atoms with Crippen molar-refractivity contribution in [3.05, 3.63) is 0 Å². The highest BCUT2D eigenvalue weighted by molar-refractivity contribution is 5.79. The number of amides is 1. The molecule has 0 saturated carbocycles. The lowest BCUT2D eigenvalue weighted by Crippen LogP contribution is -2.42. The van der Waals surface area contributed by atoms with Crippen LogP contribution < -0.4 is 5.32 Å². The fourth-order valence-electron chi connectivity index (χ4n) is 1.78. The van der Waals surface area contributed by atoms with Crippen LogP contribution in [0.1, 0.15) is 39.5 Å². The standard InChI is InChI=1S/C14H24N2O3/c1-4-6-7-8-12(3)15-13(17)10-16(9-5-2)11-14(18)19/h2,12H,4,6-11H2,1,3H3,(H,15,17)(H,18,19). The Kier molecular flexibility index (Phi) is 9.55. The van der Waals surface area contributed by atoms with Crippen LogP contribution in [0, 0.1) is 12.3 Å². The molecule has 0 aromatic rings. The van der Waals surface area contributed by atoms with E-state index in [1.54, 1.807) is 0 Å². The Bertz CT molecular complexity index is 323. The molecule has 0 rings (SSSR count). The third-order valence-corrected chi connectivity index (χ3v) is 2.69. The molecule has 1 amide bonds. The van der Waals surface area contributed by atoms with Crippen LogP contribution in [0.5, 0.6) is 0 Å². The van der Waals surface area contributed by atoms with Crippen LogP contribution in [0.2, 0.25) is 0 Å². The van der Waals surface area contributed by atoms with Crippen molar-refractivity contribution < 1.29 is 14.7 Å². The number of hydrogen-bond acceptors (Lipinski definition) is 3. The molecular weight excluding hydrogens is 244 g/mol. The van der Waals surface area contributed by atoms with Gasteiger partial charge < -0.3 is 10.4 Å². The Morgan fingerprint density at radius 1 is 1.37 bits per heavy atom. The lowest BCUT2D eigenvalue weighted by atomic mass is 10.1. The van der Waals surface area contributed by atoms with Crippen LogP contribution in [-0.4, -0.2) is 47.6 Å². The summed E-state index contributed by atoms with van der Waals surface area (Å²) in [6, 6.07) is 0.108. The Morgan fingerprint density at radius 3 is 2.58 bits per heavy atom. The lowest BCUT2D eigenvalue weighted by Gasteiger charge is -2.19. The van der Waals surface area contributed by atoms with Gasteiger partial charge in [0.15, 0.2) is 0 Å². The van der Waals surface area contributed by atoms with Crippen LogP contribution >= 0.6 is 0 Å². The molecule has 1 unspecified atom stereocenters. The van der Waals surface area contributed by atoms with Crippen molar-refractivity contribution >= 4 is 11.9 Å². The van der Waals surface area contributed by atoms with Gasteiger partial charge in [-0.2, -0.15) is 0 Å². The maximum absolute atomic E-state index is 11.7. The molecule has 108 valence electrons. The summed E-state index contributed by atoms with van der Waals surface area (Å²) >= 11 is 0. The minimum Gasteiger partial charge on any atom is -0.480 e. The van der Waals surface area contributed by atoms with Gasteiger partial charge in [-0.25, -0.2) is 0 Å². The molecule has 0 radical (unpaired) electrons. The van der Waals surface area contributed by atoms with E-state index in [4.69, 9.17) is 11.5 Å². The second kappa shape index (κ2) is 10.4. The van der Waals surface area contributed by atoms with Gasteiger partial charge in [-0.05, 0) is 13.3 Å². The fourth-order valence-corrected chi connectivity index (χ4v) is 1.78. The molecule has 1 atom stereocenters. The Morgan fingerprint density at radius 2 is 2.05 bits per heavy atom. The third kappa shape index (κ3) is 10.1. The number of nitrogens with one attached hydrogen (secondary N) is 1. The summed E-state index contributed by atoms with van der Waals surface area (Å²) in [4.78, 5) is 23.8. The molecular formula is C14H24N2O3. The first-order valence-corrected chi connectivity index (χ1v) is 6.66. The number of rotatable bonds is 10. The van der Waals surface area contributed by atoms with Gasteiger partial charge in [0.1, 0.15) is 0 Å². The summed E-state index contributed by atoms with van der Waals surface area (Å²) < 4.78 is 0. The van der Waals surface area contributed by atoms with E-state index in [1.165, 1.54) is 4.90 Å². The first kappa shape index (κ1) is 17.5. The first-order valence-electron chi connectivity index (χ1n) is 6.66. The van der Waals surface area contributed by atoms with Gasteiger partial charge in [-0.3, -0.25) is 14.5 Å². The summed E-state index contributed by atoms with van der Waals surface area (Å²) in [6.45, 7) is 4.05. The maximum atomic E-state index is 11.7. The molecule has 5 heteroatoms. The van der Waals surface area contributed by atoms with E-state index in [0.717, 1.165) is 25.7 Å². The van der Waals surface area contributed by atoms with E-state index in [1.807, 2.05) is 6.92 Å². The highest BCUT2D eigenvalue weighted by atomic mass is 16.4. The number of nitrogens with zero attached hydrogens (tertiary/aromatic N) is 1. The summed E-state index contributed by atoms with van der Waals surface area (Å²) in [5, 5.41) is 11.6. The number of carboxylic acid groups (broad SMARTS) is 1. The normalized spacial score (nSPS) is 11.9. The highest BCUT2D eigenvalue weighted by Crippen LogP contribution is 2.02. The van der Waals surface area contributed by atoms with Crippen LogP contribution in [0.25, 0.3) is 0 Å². The molecule has 0 aromatic carbocycles. The highest BCUT2D eigenvalue weighted by Gasteiger charge is 2.14. The second-order valence-electron chi connectivity index (χ2n) is 4.71. The molecule has 0 aliphatic carbocycles. The van der Waals surface area contributed by atoms with E-state index < -0.39 is 5.97 Å². The Balaban J connectivity index is 4.04. The molecule has 19 heavy (non-hydrogen) atoms. The average molecular weight is 268 g/mol. The van der Waals surface area contributed by atoms with Crippen molar-refractivity contribution in [2.45, 2.75) is 45.6 Å². The molecule has 0 aliphatic heterocycles. The van der Waals surface area contributed by atoms with Crippen molar-refractivity contribution in [1.29, 1.82) is 0 Å². The molecule has 0 saturated heterocycles. The van der Waals surface area contributed by atoms with E-state index >= 15 is 0 Å². The van der Waals surface area contributed by atoms with Crippen molar-refractivity contribution in [2.75, 3.05) is 19.6 Å². The SMILES string of the molecule is C#CCN(CC(=O)O)CC(=O)NC(C)CCCCC. The van der Waals surface area contributed by atoms with Crippen molar-refractivity contribution in [3.8, 4) is 12.3 Å². The van der Waals surface area contributed by atoms with Gasteiger partial charge >= 0.3 is 5.97 Å². The number of unbranched alkanes of at least 4 members (excludes halogenated alkanes) is 2. The molecule has 0 heterocycles. The molecule has 0 spiro atoms. The Labute approximate surface area is 115 Å². The topological polar surface area (TPSA) is 69.6 Å². The van der Waals surface area contributed by atoms with Gasteiger partial charge in [0, 0.05) is 6.04 Å². The molecule has 0 aromatic heterocycles. The third-order valence-electron chi connectivity index (χ3n) is 2.69. The van der Waals surface area contributed by atoms with Gasteiger partial charge in [-0.15, -0.1) is 6.42 Å². The summed E-state index contributed by atoms with van der Waals surface area (Å²) in [5.41, 5.74) is 0. The van der Waals surface area contributed by atoms with Crippen LogP contribution in [0.15, 0.2) is 0 Å². The number of aliphatic carboxylic acids is 1. The Hall–Kier alpha value is -1.54. The van der Waals surface area contributed by atoms with Crippen LogP contribution in [0.4, 0.5) is 0 Å². The minimum absolute atomic E-state index is 0.0224. The molecule has 0 fully saturated rings. The summed E-state index contributed by atoms with van der Waals surface area (Å²) in [5.74, 6) is 1.19. The predicted octanol–water partition coefficient (Wildman–Crippen LogP) is 1.09. The monoisotopic (exact) mass is 268 g/mol. The largest absolute Gasteiger partial charge is 0.480 e. The minimum atomic E-state index is -0.987. The van der Waals surface area contributed by atoms with Gasteiger partial charge in [-0.1, -0.05) is 32.1 Å². The molecule has 0 bridgehead atoms. The number of terminal acetylenes is 1. The van der Waals surface area contributed by atoms with Crippen molar-refractivity contribution in [1.82, 2.24) is 10.2 Å². The average Bonchev–Trinajstić information content (AvgIpc) is 2.28. The molecule has 5 nitrogen and oxygen atoms in total. The molecule has 0 aliphatic rings. The fraction of sp³-hybridized carbons (Fsp3) is 0.714. The van der Waals surface area contributed by atoms with E-state index in [2.05, 4.69) is 18.2 Å². The predicted molar refractivity (Wildman–Crippen MR) is 74.7 cm³/mol. The van der Waals surface area contributed by atoms with Crippen molar-refractivity contribution in [3.63, 3.8) is 0 Å². The molecule has 2 N–H and O–H groups in total. The van der Waals surface area contributed by atoms with E-state index in [0.29, 0.717) is 0 Å². The van der Waals surface area contributed by atoms with Gasteiger partial charge in [0.05, 0.1) is 19.6 Å². The van der Waals surface area contributed by atoms with Gasteiger partial charge in [0.2, 0.25) is 5.91 Å². The number of carboxylic acids is 1. The van der Waals surface area contributed by atoms with Crippen molar-refractivity contribution in [2.24, 2.45) is 0 Å². The first-order chi connectivity index (χ1) is 8.99. The second-order valence-corrected chi connectivity index (χ2v) is 4.71. The van der Waals surface area contributed by atoms with E-state index in [-0.39, 0.29) is 31.6 Å². The summed E-state index contributed by atoms with van der Waals surface area (Å²) in [7, 11) is 0. The maximum Gasteiger partial charge on any atom is 0.317 e. The lowest BCUT2D eigenvalue weighted by molar-refractivity contribution is -0.138. The summed E-state index contributed by atoms with van der Waals surface area (Å²) in [6.07, 6.45) is 9.47. The zero-order valence-electron chi connectivity index (χ0n) is 11.8. The van der Waals surface area contributed by atoms with Crippen LogP contribution in [0.3, 0.4) is 0 Å². The zero-order chi connectivity index (χ0) is 14.7. The number of carbonyl (C=O) groups is 2. The van der Waals surface area contributed by atoms with Gasteiger partial charge in [0.25, 0.3) is 0 Å². The smallest absolute Gasteiger partial charge is 0.317 e. The van der Waals surface area contributed by atoms with E-state index in [9.17, 15) is 9.59 Å². The zero-order valence-corrected chi connectivity index (χ0v) is 11.8. The van der Waals surface area contributed by atoms with Crippen LogP contribution in [-0.2, 0) is 9.59 Å². The number of carbonyl (C=O) groups excluding carboxylic acids is 1. The quantitative estimate of drug-likeness (QED) is 0.460.